The van der Waals surface area contributed by atoms with Crippen molar-refractivity contribution in [1.82, 2.24) is 0 Å². The van der Waals surface area contributed by atoms with Crippen LogP contribution in [0.1, 0.15) is 88.8 Å². The summed E-state index contributed by atoms with van der Waals surface area (Å²) in [6.07, 6.45) is 10.1. The lowest BCUT2D eigenvalue weighted by molar-refractivity contribution is 0.500. The van der Waals surface area contributed by atoms with E-state index in [1.807, 2.05) is 29.6 Å². The Morgan fingerprint density at radius 3 is 1.66 bits per heavy atom. The molecule has 0 fully saturated rings. The zero-order valence-electron chi connectivity index (χ0n) is 23.0. The fourth-order valence-corrected chi connectivity index (χ4v) is 9.50. The zero-order chi connectivity index (χ0) is 27.1. The van der Waals surface area contributed by atoms with Crippen molar-refractivity contribution in [2.75, 3.05) is 11.5 Å². The molecule has 0 aromatic carbocycles. The highest BCUT2D eigenvalue weighted by atomic mass is 79.9. The average Bonchev–Trinajstić information content (AvgIpc) is 3.70. The van der Waals surface area contributed by atoms with Crippen molar-refractivity contribution in [2.24, 2.45) is 21.8 Å². The lowest BCUT2D eigenvalue weighted by atomic mass is 10.0. The van der Waals surface area contributed by atoms with E-state index in [-0.39, 0.29) is 0 Å². The van der Waals surface area contributed by atoms with Gasteiger partial charge in [0.05, 0.1) is 24.9 Å². The van der Waals surface area contributed by atoms with Gasteiger partial charge in [-0.15, -0.1) is 34.9 Å². The molecule has 0 N–H and O–H groups in total. The predicted molar refractivity (Wildman–Crippen MR) is 182 cm³/mol. The normalized spacial score (nSPS) is 16.8. The van der Waals surface area contributed by atoms with E-state index in [1.165, 1.54) is 67.4 Å². The number of thioether (sulfide) groups is 2. The van der Waals surface area contributed by atoms with Gasteiger partial charge in [0.1, 0.15) is 17.9 Å². The predicted octanol–water partition coefficient (Wildman–Crippen LogP) is 10.2. The number of nitrogens with zero attached hydrogens (tertiary/aromatic N) is 2. The largest absolute Gasteiger partial charge is 0.239 e. The average molecular weight is 646 g/mol. The molecule has 0 spiro atoms. The molecule has 4 heterocycles. The van der Waals surface area contributed by atoms with E-state index >= 15 is 0 Å². The highest BCUT2D eigenvalue weighted by Crippen LogP contribution is 2.49. The lowest BCUT2D eigenvalue weighted by Crippen LogP contribution is -2.08. The van der Waals surface area contributed by atoms with Gasteiger partial charge < -0.3 is 0 Å². The number of aliphatic imine (C=N–C) groups is 2. The van der Waals surface area contributed by atoms with Gasteiger partial charge in [-0.1, -0.05) is 72.3 Å². The zero-order valence-corrected chi connectivity index (χ0v) is 27.9. The Hall–Kier alpha value is -0.535. The van der Waals surface area contributed by atoms with Crippen LogP contribution in [0.4, 0.5) is 0 Å². The summed E-state index contributed by atoms with van der Waals surface area (Å²) in [6, 6.07) is 8.46. The van der Waals surface area contributed by atoms with Gasteiger partial charge in [-0.2, -0.15) is 11.3 Å². The van der Waals surface area contributed by atoms with E-state index in [4.69, 9.17) is 17.8 Å². The van der Waals surface area contributed by atoms with Crippen LogP contribution in [-0.4, -0.2) is 29.4 Å². The second kappa shape index (κ2) is 14.9. The highest BCUT2D eigenvalue weighted by Gasteiger charge is 2.37. The van der Waals surface area contributed by atoms with Crippen molar-refractivity contribution in [3.63, 3.8) is 0 Å². The molecule has 38 heavy (non-hydrogen) atoms. The van der Waals surface area contributed by atoms with Gasteiger partial charge in [0, 0.05) is 22.7 Å². The number of thiophene rings is 2. The van der Waals surface area contributed by atoms with E-state index < -0.39 is 0 Å². The number of hydrogen-bond acceptors (Lipinski definition) is 6. The summed E-state index contributed by atoms with van der Waals surface area (Å²) in [4.78, 5) is 13.0. The van der Waals surface area contributed by atoms with Gasteiger partial charge >= 0.3 is 0 Å². The Kier molecular flexibility index (Phi) is 11.9. The number of hydrogen-bond donors (Lipinski definition) is 0. The summed E-state index contributed by atoms with van der Waals surface area (Å²) >= 11 is 10.9. The number of halogens is 1. The molecule has 2 unspecified atom stereocenters. The minimum atomic E-state index is 0.715. The van der Waals surface area contributed by atoms with Crippen molar-refractivity contribution >= 4 is 96.2 Å². The van der Waals surface area contributed by atoms with Crippen LogP contribution in [0.2, 0.25) is 0 Å². The standard InChI is InChI=1S/C30H38BBrN2S4/c1-5-9-11-19(7-3)17-35-29-25-26(28(34-29)22-14-16-24(32)38-22)30(36-18-20(8-4)12-10-6-2)33-27(25)21-13-15-23(31)37-21/h13-16,19-20H,5-12,17-18H2,1-4H3. The van der Waals surface area contributed by atoms with E-state index in [2.05, 4.69) is 61.8 Å². The molecule has 2 radical (unpaired) electrons. The SMILES string of the molecule is [B]c1ccc(C2=C3C(SCC(CC)CCCC)=NC(c4ccc(Br)s4)=C3C(SCC(CC)CCCC)=N2)s1. The van der Waals surface area contributed by atoms with Crippen LogP contribution in [0.3, 0.4) is 0 Å². The Balaban J connectivity index is 1.71. The third-order valence-corrected chi connectivity index (χ3v) is 12.2. The Morgan fingerprint density at radius 2 is 1.26 bits per heavy atom. The smallest absolute Gasteiger partial charge is 0.128 e. The van der Waals surface area contributed by atoms with E-state index in [0.717, 1.165) is 46.4 Å². The molecular formula is C30H38BBrN2S4. The second-order valence-corrected chi connectivity index (χ2v) is 15.6. The molecule has 2 aliphatic rings. The summed E-state index contributed by atoms with van der Waals surface area (Å²) in [7, 11) is 6.19. The Bertz CT molecular complexity index is 1130. The van der Waals surface area contributed by atoms with E-state index in [0.29, 0.717) is 11.8 Å². The molecular weight excluding hydrogens is 607 g/mol. The van der Waals surface area contributed by atoms with Crippen LogP contribution < -0.4 is 4.78 Å². The summed E-state index contributed by atoms with van der Waals surface area (Å²) in [5.41, 5.74) is 4.61. The lowest BCUT2D eigenvalue weighted by Gasteiger charge is -2.15. The van der Waals surface area contributed by atoms with Crippen LogP contribution in [0.5, 0.6) is 0 Å². The Morgan fingerprint density at radius 1 is 0.763 bits per heavy atom. The van der Waals surface area contributed by atoms with Crippen molar-refractivity contribution in [2.45, 2.75) is 79.1 Å². The molecule has 0 aliphatic carbocycles. The second-order valence-electron chi connectivity index (χ2n) is 10.0. The summed E-state index contributed by atoms with van der Waals surface area (Å²) in [5.74, 6) is 3.63. The number of rotatable bonds is 14. The van der Waals surface area contributed by atoms with Crippen molar-refractivity contribution in [1.29, 1.82) is 0 Å². The molecule has 2 nitrogen and oxygen atoms in total. The minimum absolute atomic E-state index is 0.715. The number of fused-ring (bicyclic) bond motifs is 1. The maximum absolute atomic E-state index is 6.19. The van der Waals surface area contributed by atoms with E-state index in [9.17, 15) is 0 Å². The van der Waals surface area contributed by atoms with Gasteiger partial charge in [0.2, 0.25) is 0 Å². The summed E-state index contributed by atoms with van der Waals surface area (Å²) in [6.45, 7) is 9.22. The van der Waals surface area contributed by atoms with Gasteiger partial charge in [-0.25, -0.2) is 9.98 Å². The van der Waals surface area contributed by atoms with Crippen LogP contribution in [0, 0.1) is 11.8 Å². The van der Waals surface area contributed by atoms with Crippen molar-refractivity contribution in [3.05, 3.63) is 49.0 Å². The third kappa shape index (κ3) is 7.40. The first-order valence-electron chi connectivity index (χ1n) is 14.0. The first kappa shape index (κ1) is 30.4. The quantitative estimate of drug-likeness (QED) is 0.191. The van der Waals surface area contributed by atoms with Crippen LogP contribution >= 0.6 is 62.1 Å². The minimum Gasteiger partial charge on any atom is -0.239 e. The molecule has 4 rings (SSSR count). The molecule has 2 aromatic heterocycles. The van der Waals surface area contributed by atoms with Gasteiger partial charge in [0.15, 0.2) is 0 Å². The van der Waals surface area contributed by atoms with Gasteiger partial charge in [0.25, 0.3) is 0 Å². The van der Waals surface area contributed by atoms with Gasteiger partial charge in [-0.05, 0) is 63.6 Å². The first-order chi connectivity index (χ1) is 18.5. The maximum Gasteiger partial charge on any atom is 0.128 e. The van der Waals surface area contributed by atoms with Crippen molar-refractivity contribution in [3.8, 4) is 0 Å². The number of unbranched alkanes of at least 4 members (excludes halogenated alkanes) is 2. The molecule has 0 amide bonds. The Labute approximate surface area is 255 Å². The molecule has 2 aliphatic heterocycles. The molecule has 0 saturated heterocycles. The topological polar surface area (TPSA) is 24.7 Å². The van der Waals surface area contributed by atoms with Crippen LogP contribution in [0.25, 0.3) is 11.4 Å². The summed E-state index contributed by atoms with van der Waals surface area (Å²) < 4.78 is 1.96. The summed E-state index contributed by atoms with van der Waals surface area (Å²) in [5, 5.41) is 2.27. The van der Waals surface area contributed by atoms with E-state index in [1.54, 1.807) is 22.7 Å². The monoisotopic (exact) mass is 644 g/mol. The van der Waals surface area contributed by atoms with Crippen LogP contribution in [0.15, 0.2) is 49.2 Å². The van der Waals surface area contributed by atoms with Crippen molar-refractivity contribution < 1.29 is 0 Å². The first-order valence-corrected chi connectivity index (χ1v) is 18.4. The molecule has 2 atom stereocenters. The molecule has 202 valence electrons. The highest BCUT2D eigenvalue weighted by molar-refractivity contribution is 9.11. The maximum atomic E-state index is 6.19. The fraction of sp³-hybridized carbons (Fsp3) is 0.533. The molecule has 8 heteroatoms. The third-order valence-electron chi connectivity index (χ3n) is 7.24. The van der Waals surface area contributed by atoms with Crippen LogP contribution in [-0.2, 0) is 0 Å². The molecule has 0 saturated carbocycles. The molecule has 2 aromatic rings. The molecule has 0 bridgehead atoms. The van der Waals surface area contributed by atoms with Gasteiger partial charge in [-0.3, -0.25) is 0 Å². The fourth-order valence-electron chi connectivity index (χ4n) is 4.76.